The second-order valence-corrected chi connectivity index (χ2v) is 2.58. The van der Waals surface area contributed by atoms with Crippen molar-refractivity contribution in [3.63, 3.8) is 0 Å². The molecule has 1 unspecified atom stereocenters. The lowest BCUT2D eigenvalue weighted by Gasteiger charge is -2.06. The molecule has 11 heavy (non-hydrogen) atoms. The summed E-state index contributed by atoms with van der Waals surface area (Å²) in [6.07, 6.45) is -0.0452. The van der Waals surface area contributed by atoms with Gasteiger partial charge in [-0.3, -0.25) is 5.21 Å². The molecule has 0 aromatic heterocycles. The Morgan fingerprint density at radius 2 is 2.18 bits per heavy atom. The molecule has 0 saturated heterocycles. The molecule has 0 radical (unpaired) electrons. The Morgan fingerprint density at radius 3 is 2.91 bits per heavy atom. The van der Waals surface area contributed by atoms with E-state index in [4.69, 9.17) is 10.0 Å². The van der Waals surface area contributed by atoms with Gasteiger partial charge in [0.05, 0.1) is 0 Å². The van der Waals surface area contributed by atoms with Crippen molar-refractivity contribution in [3.05, 3.63) is 29.8 Å². The van der Waals surface area contributed by atoms with E-state index in [-0.39, 0.29) is 6.10 Å². The molecule has 0 fully saturated rings. The third-order valence-corrected chi connectivity index (χ3v) is 1.84. The lowest BCUT2D eigenvalue weighted by Crippen LogP contribution is -2.11. The van der Waals surface area contributed by atoms with E-state index in [2.05, 4.69) is 0 Å². The molecule has 1 aliphatic heterocycles. The topological polar surface area (TPSA) is 32.7 Å². The number of fused-ring (bicyclic) bond motifs is 1. The van der Waals surface area contributed by atoms with Gasteiger partial charge in [-0.25, -0.2) is 4.84 Å². The van der Waals surface area contributed by atoms with Gasteiger partial charge < -0.3 is 0 Å². The van der Waals surface area contributed by atoms with E-state index in [0.717, 1.165) is 16.5 Å². The maximum absolute atomic E-state index is 9.16. The van der Waals surface area contributed by atoms with Gasteiger partial charge in [-0.2, -0.15) is 0 Å². The van der Waals surface area contributed by atoms with Crippen LogP contribution in [0.2, 0.25) is 0 Å². The third-order valence-electron chi connectivity index (χ3n) is 1.84. The first-order valence-corrected chi connectivity index (χ1v) is 3.54. The fraction of sp³-hybridized carbons (Fsp3) is 0.250. The van der Waals surface area contributed by atoms with Crippen LogP contribution in [0, 0.1) is 0 Å². The average molecular weight is 151 g/mol. The van der Waals surface area contributed by atoms with Crippen molar-refractivity contribution < 1.29 is 10.0 Å². The zero-order valence-electron chi connectivity index (χ0n) is 6.19. The highest BCUT2D eigenvalue weighted by Crippen LogP contribution is 2.35. The van der Waals surface area contributed by atoms with E-state index in [1.807, 2.05) is 31.2 Å². The summed E-state index contributed by atoms with van der Waals surface area (Å²) in [7, 11) is 0. The molecular weight excluding hydrogens is 142 g/mol. The second kappa shape index (κ2) is 2.22. The SMILES string of the molecule is CC1ON(O)c2ccccc21. The van der Waals surface area contributed by atoms with Crippen LogP contribution in [-0.2, 0) is 4.84 Å². The molecule has 1 N–H and O–H groups in total. The van der Waals surface area contributed by atoms with Crippen molar-refractivity contribution in [3.8, 4) is 0 Å². The van der Waals surface area contributed by atoms with Crippen molar-refractivity contribution in [2.24, 2.45) is 0 Å². The molecule has 3 nitrogen and oxygen atoms in total. The van der Waals surface area contributed by atoms with Gasteiger partial charge in [0.15, 0.2) is 0 Å². The summed E-state index contributed by atoms with van der Waals surface area (Å²) in [6.45, 7) is 1.90. The fourth-order valence-corrected chi connectivity index (χ4v) is 1.27. The van der Waals surface area contributed by atoms with E-state index in [1.165, 1.54) is 0 Å². The standard InChI is InChI=1S/C8H9NO2/c1-6-7-4-2-3-5-8(7)9(10)11-6/h2-6,10H,1H3. The number of para-hydroxylation sites is 1. The number of nitrogens with zero attached hydrogens (tertiary/aromatic N) is 1. The minimum atomic E-state index is -0.0452. The molecule has 0 amide bonds. The van der Waals surface area contributed by atoms with Crippen LogP contribution < -0.4 is 5.23 Å². The van der Waals surface area contributed by atoms with Gasteiger partial charge >= 0.3 is 0 Å². The van der Waals surface area contributed by atoms with Crippen LogP contribution in [0.25, 0.3) is 0 Å². The van der Waals surface area contributed by atoms with Crippen LogP contribution in [0.5, 0.6) is 0 Å². The molecule has 0 saturated carbocycles. The van der Waals surface area contributed by atoms with Gasteiger partial charge in [0.1, 0.15) is 11.8 Å². The van der Waals surface area contributed by atoms with Gasteiger partial charge in [0.2, 0.25) is 0 Å². The largest absolute Gasteiger partial charge is 0.264 e. The zero-order chi connectivity index (χ0) is 7.84. The van der Waals surface area contributed by atoms with Crippen LogP contribution >= 0.6 is 0 Å². The monoisotopic (exact) mass is 151 g/mol. The number of anilines is 1. The predicted molar refractivity (Wildman–Crippen MR) is 40.2 cm³/mol. The summed E-state index contributed by atoms with van der Waals surface area (Å²) in [5, 5.41) is 9.98. The molecular formula is C8H9NO2. The van der Waals surface area contributed by atoms with E-state index < -0.39 is 0 Å². The van der Waals surface area contributed by atoms with Gasteiger partial charge in [-0.05, 0) is 13.0 Å². The number of benzene rings is 1. The Balaban J connectivity index is 2.52. The fourth-order valence-electron chi connectivity index (χ4n) is 1.27. The highest BCUT2D eigenvalue weighted by atomic mass is 16.9. The summed E-state index contributed by atoms with van der Waals surface area (Å²) in [6, 6.07) is 7.55. The van der Waals surface area contributed by atoms with Crippen molar-refractivity contribution in [2.45, 2.75) is 13.0 Å². The summed E-state index contributed by atoms with van der Waals surface area (Å²) >= 11 is 0. The van der Waals surface area contributed by atoms with Gasteiger partial charge in [-0.1, -0.05) is 18.2 Å². The van der Waals surface area contributed by atoms with Gasteiger partial charge in [0.25, 0.3) is 0 Å². The molecule has 1 aromatic carbocycles. The lowest BCUT2D eigenvalue weighted by atomic mass is 10.1. The molecule has 0 bridgehead atoms. The first kappa shape index (κ1) is 6.64. The molecule has 3 heteroatoms. The van der Waals surface area contributed by atoms with Crippen LogP contribution in [0.1, 0.15) is 18.6 Å². The Morgan fingerprint density at radius 1 is 1.45 bits per heavy atom. The van der Waals surface area contributed by atoms with Gasteiger partial charge in [0, 0.05) is 5.56 Å². The normalized spacial score (nSPS) is 22.0. The predicted octanol–water partition coefficient (Wildman–Crippen LogP) is 1.89. The number of rotatable bonds is 0. The van der Waals surface area contributed by atoms with Crippen molar-refractivity contribution in [1.82, 2.24) is 0 Å². The molecule has 1 heterocycles. The minimum absolute atomic E-state index is 0.0452. The molecule has 0 spiro atoms. The first-order chi connectivity index (χ1) is 5.29. The Kier molecular flexibility index (Phi) is 1.34. The summed E-state index contributed by atoms with van der Waals surface area (Å²) in [5.74, 6) is 0. The molecule has 0 aliphatic carbocycles. The minimum Gasteiger partial charge on any atom is -0.264 e. The van der Waals surface area contributed by atoms with E-state index in [1.54, 1.807) is 0 Å². The highest BCUT2D eigenvalue weighted by molar-refractivity contribution is 5.53. The number of hydrogen-bond acceptors (Lipinski definition) is 3. The molecule has 2 rings (SSSR count). The van der Waals surface area contributed by atoms with E-state index in [0.29, 0.717) is 0 Å². The number of hydrogen-bond donors (Lipinski definition) is 1. The molecule has 1 atom stereocenters. The van der Waals surface area contributed by atoms with Crippen molar-refractivity contribution in [2.75, 3.05) is 5.23 Å². The van der Waals surface area contributed by atoms with Gasteiger partial charge in [-0.15, -0.1) is 5.23 Å². The van der Waals surface area contributed by atoms with Crippen LogP contribution in [-0.4, -0.2) is 5.21 Å². The van der Waals surface area contributed by atoms with E-state index >= 15 is 0 Å². The molecule has 58 valence electrons. The van der Waals surface area contributed by atoms with Crippen LogP contribution in [0.4, 0.5) is 5.69 Å². The Labute approximate surface area is 64.7 Å². The maximum atomic E-state index is 9.16. The van der Waals surface area contributed by atoms with Crippen molar-refractivity contribution >= 4 is 5.69 Å². The van der Waals surface area contributed by atoms with Crippen LogP contribution in [0.15, 0.2) is 24.3 Å². The molecule has 1 aromatic rings. The molecule has 1 aliphatic rings. The third kappa shape index (κ3) is 0.895. The Bertz CT molecular complexity index is 248. The zero-order valence-corrected chi connectivity index (χ0v) is 6.19. The average Bonchev–Trinajstić information content (AvgIpc) is 2.30. The lowest BCUT2D eigenvalue weighted by molar-refractivity contribution is -0.0603. The van der Waals surface area contributed by atoms with E-state index in [9.17, 15) is 0 Å². The Hall–Kier alpha value is -1.06. The summed E-state index contributed by atoms with van der Waals surface area (Å²) < 4.78 is 0. The smallest absolute Gasteiger partial charge is 0.113 e. The summed E-state index contributed by atoms with van der Waals surface area (Å²) in [5.41, 5.74) is 1.76. The maximum Gasteiger partial charge on any atom is 0.113 e. The summed E-state index contributed by atoms with van der Waals surface area (Å²) in [4.78, 5) is 5.02. The second-order valence-electron chi connectivity index (χ2n) is 2.58. The quantitative estimate of drug-likeness (QED) is 0.614. The first-order valence-electron chi connectivity index (χ1n) is 3.54. The van der Waals surface area contributed by atoms with Crippen LogP contribution in [0.3, 0.4) is 0 Å². The highest BCUT2D eigenvalue weighted by Gasteiger charge is 2.24. The van der Waals surface area contributed by atoms with Crippen molar-refractivity contribution in [1.29, 1.82) is 0 Å².